The maximum Gasteiger partial charge on any atom is 0.312 e. The standard InChI is InChI=1S/C49H47N3O4/c1-31-10-12-35(13-11-31)43(28-46(53)39-22-24-50-33(3)26-39)36-18-20-41(21-19-36)52-30-45(49(55)56-5)48(52)38-16-14-37(15-17-38)44(42-9-7-6-8-32(42)2)29-47(54)40-23-25-51-34(4)27-40/h6-27,43-45,48H,28-30H2,1-5H3/t43-,44-,45?,48?/m1/s1. The van der Waals surface area contributed by atoms with E-state index >= 15 is 0 Å². The first-order valence-corrected chi connectivity index (χ1v) is 19.2. The van der Waals surface area contributed by atoms with Gasteiger partial charge in [0.2, 0.25) is 0 Å². The number of esters is 1. The molecule has 0 radical (unpaired) electrons. The number of hydrogen-bond acceptors (Lipinski definition) is 7. The molecule has 0 N–H and O–H groups in total. The van der Waals surface area contributed by atoms with E-state index in [1.165, 1.54) is 7.11 Å². The number of ether oxygens (including phenoxy) is 1. The first-order valence-electron chi connectivity index (χ1n) is 19.2. The van der Waals surface area contributed by atoms with Crippen LogP contribution in [0.5, 0.6) is 0 Å². The first-order chi connectivity index (χ1) is 27.1. The van der Waals surface area contributed by atoms with Gasteiger partial charge in [-0.3, -0.25) is 24.4 Å². The zero-order valence-corrected chi connectivity index (χ0v) is 32.6. The summed E-state index contributed by atoms with van der Waals surface area (Å²) in [5.74, 6) is -0.733. The van der Waals surface area contributed by atoms with Gasteiger partial charge in [-0.1, -0.05) is 90.5 Å². The highest BCUT2D eigenvalue weighted by Crippen LogP contribution is 2.44. The molecule has 1 aliphatic heterocycles. The number of carbonyl (C=O) groups excluding carboxylic acids is 3. The predicted molar refractivity (Wildman–Crippen MR) is 220 cm³/mol. The van der Waals surface area contributed by atoms with Crippen molar-refractivity contribution in [2.24, 2.45) is 5.92 Å². The number of pyridine rings is 2. The Bertz CT molecular complexity index is 2350. The summed E-state index contributed by atoms with van der Waals surface area (Å²) in [5.41, 5.74) is 11.5. The third-order valence-corrected chi connectivity index (χ3v) is 11.2. The van der Waals surface area contributed by atoms with Crippen LogP contribution in [0.2, 0.25) is 0 Å². The number of hydrogen-bond donors (Lipinski definition) is 0. The summed E-state index contributed by atoms with van der Waals surface area (Å²) in [6.07, 6.45) is 4.01. The third-order valence-electron chi connectivity index (χ3n) is 11.2. The van der Waals surface area contributed by atoms with Crippen molar-refractivity contribution in [2.75, 3.05) is 18.6 Å². The van der Waals surface area contributed by atoms with Crippen molar-refractivity contribution in [1.82, 2.24) is 9.97 Å². The molecule has 0 spiro atoms. The second-order valence-electron chi connectivity index (χ2n) is 15.0. The van der Waals surface area contributed by atoms with Crippen molar-refractivity contribution in [1.29, 1.82) is 0 Å². The molecule has 0 amide bonds. The van der Waals surface area contributed by atoms with E-state index in [0.717, 1.165) is 56.0 Å². The summed E-state index contributed by atoms with van der Waals surface area (Å²) in [4.78, 5) is 51.1. The monoisotopic (exact) mass is 741 g/mol. The fourth-order valence-electron chi connectivity index (χ4n) is 8.02. The van der Waals surface area contributed by atoms with Crippen molar-refractivity contribution in [2.45, 2.75) is 58.4 Å². The Morgan fingerprint density at radius 3 is 1.73 bits per heavy atom. The van der Waals surface area contributed by atoms with Crippen LogP contribution in [0.15, 0.2) is 134 Å². The number of Topliss-reactive ketones (excluding diaryl/α,β-unsaturated/α-hetero) is 2. The molecule has 0 aliphatic carbocycles. The summed E-state index contributed by atoms with van der Waals surface area (Å²) in [5, 5.41) is 0. The quantitative estimate of drug-likeness (QED) is 0.0860. The first kappa shape index (κ1) is 38.1. The number of benzene rings is 4. The van der Waals surface area contributed by atoms with Gasteiger partial charge in [-0.15, -0.1) is 0 Å². The average Bonchev–Trinajstić information content (AvgIpc) is 3.20. The molecule has 3 heterocycles. The third kappa shape index (κ3) is 8.22. The van der Waals surface area contributed by atoms with E-state index in [-0.39, 0.29) is 41.3 Å². The van der Waals surface area contributed by atoms with Crippen LogP contribution < -0.4 is 4.90 Å². The van der Waals surface area contributed by atoms with Crippen molar-refractivity contribution in [3.05, 3.63) is 195 Å². The maximum absolute atomic E-state index is 13.6. The molecule has 7 rings (SSSR count). The van der Waals surface area contributed by atoms with Crippen molar-refractivity contribution >= 4 is 23.2 Å². The minimum Gasteiger partial charge on any atom is -0.469 e. The molecule has 56 heavy (non-hydrogen) atoms. The van der Waals surface area contributed by atoms with E-state index in [4.69, 9.17) is 4.74 Å². The van der Waals surface area contributed by atoms with E-state index in [1.54, 1.807) is 24.5 Å². The molecule has 1 aliphatic rings. The normalized spacial score (nSPS) is 16.1. The fourth-order valence-corrected chi connectivity index (χ4v) is 8.02. The van der Waals surface area contributed by atoms with Crippen LogP contribution in [0.4, 0.5) is 5.69 Å². The number of methoxy groups -OCH3 is 1. The van der Waals surface area contributed by atoms with E-state index < -0.39 is 0 Å². The molecule has 6 aromatic rings. The summed E-state index contributed by atoms with van der Waals surface area (Å²) < 4.78 is 5.26. The Morgan fingerprint density at radius 2 is 1.18 bits per heavy atom. The van der Waals surface area contributed by atoms with Crippen LogP contribution in [-0.2, 0) is 9.53 Å². The van der Waals surface area contributed by atoms with Crippen LogP contribution in [0.3, 0.4) is 0 Å². The molecule has 282 valence electrons. The van der Waals surface area contributed by atoms with Crippen LogP contribution in [0.25, 0.3) is 0 Å². The SMILES string of the molecule is COC(=O)C1CN(c2ccc([C@H](CC(=O)c3ccnc(C)c3)c3ccc(C)cc3)cc2)C1c1ccc([C@@H](CC(=O)c2ccnc(C)c2)c2ccccc2C)cc1. The Morgan fingerprint density at radius 1 is 0.661 bits per heavy atom. The molecule has 1 saturated heterocycles. The smallest absolute Gasteiger partial charge is 0.312 e. The van der Waals surface area contributed by atoms with E-state index in [2.05, 4.69) is 114 Å². The molecule has 1 fully saturated rings. The second-order valence-corrected chi connectivity index (χ2v) is 15.0. The molecule has 7 nitrogen and oxygen atoms in total. The zero-order chi connectivity index (χ0) is 39.3. The van der Waals surface area contributed by atoms with E-state index in [1.807, 2.05) is 38.1 Å². The number of aromatic nitrogens is 2. The Kier molecular flexibility index (Phi) is 11.3. The molecular weight excluding hydrogens is 695 g/mol. The molecule has 0 saturated carbocycles. The second kappa shape index (κ2) is 16.7. The number of nitrogens with zero attached hydrogens (tertiary/aromatic N) is 3. The minimum absolute atomic E-state index is 0.0636. The lowest BCUT2D eigenvalue weighted by Crippen LogP contribution is -2.53. The summed E-state index contributed by atoms with van der Waals surface area (Å²) in [7, 11) is 1.44. The molecule has 4 atom stereocenters. The number of carbonyl (C=O) groups is 3. The van der Waals surface area contributed by atoms with Gasteiger partial charge in [0.05, 0.1) is 19.1 Å². The minimum atomic E-state index is -0.337. The Hall–Kier alpha value is -6.21. The molecule has 2 aromatic heterocycles. The van der Waals surface area contributed by atoms with Crippen molar-refractivity contribution < 1.29 is 19.1 Å². The zero-order valence-electron chi connectivity index (χ0n) is 32.6. The highest BCUT2D eigenvalue weighted by molar-refractivity contribution is 5.97. The Balaban J connectivity index is 1.17. The average molecular weight is 742 g/mol. The topological polar surface area (TPSA) is 89.5 Å². The largest absolute Gasteiger partial charge is 0.469 e. The molecular formula is C49H47N3O4. The summed E-state index contributed by atoms with van der Waals surface area (Å²) in [6.45, 7) is 8.45. The van der Waals surface area contributed by atoms with Gasteiger partial charge in [0.25, 0.3) is 0 Å². The van der Waals surface area contributed by atoms with Gasteiger partial charge in [-0.25, -0.2) is 0 Å². The van der Waals surface area contributed by atoms with Gasteiger partial charge in [0.1, 0.15) is 0 Å². The van der Waals surface area contributed by atoms with Crippen LogP contribution >= 0.6 is 0 Å². The Labute approximate surface area is 329 Å². The van der Waals surface area contributed by atoms with Crippen molar-refractivity contribution in [3.63, 3.8) is 0 Å². The van der Waals surface area contributed by atoms with Gasteiger partial charge in [-0.05, 0) is 97.5 Å². The van der Waals surface area contributed by atoms with Crippen LogP contribution in [-0.4, -0.2) is 41.2 Å². The van der Waals surface area contributed by atoms with Gasteiger partial charge in [-0.2, -0.15) is 0 Å². The number of rotatable bonds is 13. The van der Waals surface area contributed by atoms with Gasteiger partial charge in [0.15, 0.2) is 11.6 Å². The van der Waals surface area contributed by atoms with E-state index in [0.29, 0.717) is 30.5 Å². The molecule has 4 aromatic carbocycles. The van der Waals surface area contributed by atoms with Gasteiger partial charge in [0, 0.05) is 71.8 Å². The predicted octanol–water partition coefficient (Wildman–Crippen LogP) is 9.87. The number of aryl methyl sites for hydroxylation is 4. The fraction of sp³-hybridized carbons (Fsp3) is 0.245. The maximum atomic E-state index is 13.6. The highest BCUT2D eigenvalue weighted by atomic mass is 16.5. The highest BCUT2D eigenvalue weighted by Gasteiger charge is 2.45. The van der Waals surface area contributed by atoms with Gasteiger partial charge < -0.3 is 9.64 Å². The molecule has 7 heteroatoms. The molecule has 0 bridgehead atoms. The number of ketones is 2. The number of anilines is 1. The lowest BCUT2D eigenvalue weighted by molar-refractivity contribution is -0.148. The lowest BCUT2D eigenvalue weighted by atomic mass is 9.80. The van der Waals surface area contributed by atoms with Crippen LogP contribution in [0, 0.1) is 33.6 Å². The van der Waals surface area contributed by atoms with Gasteiger partial charge >= 0.3 is 5.97 Å². The van der Waals surface area contributed by atoms with Crippen molar-refractivity contribution in [3.8, 4) is 0 Å². The van der Waals surface area contributed by atoms with Crippen LogP contribution in [0.1, 0.15) is 102 Å². The summed E-state index contributed by atoms with van der Waals surface area (Å²) >= 11 is 0. The lowest BCUT2D eigenvalue weighted by Gasteiger charge is -2.48. The summed E-state index contributed by atoms with van der Waals surface area (Å²) in [6, 6.07) is 40.4. The van der Waals surface area contributed by atoms with E-state index in [9.17, 15) is 14.4 Å². The molecule has 2 unspecified atom stereocenters.